The van der Waals surface area contributed by atoms with Crippen molar-refractivity contribution in [3.8, 4) is 5.75 Å². The van der Waals surface area contributed by atoms with E-state index in [9.17, 15) is 4.79 Å². The fourth-order valence-electron chi connectivity index (χ4n) is 3.16. The molecule has 2 atom stereocenters. The second-order valence-electron chi connectivity index (χ2n) is 6.49. The fraction of sp³-hybridized carbons (Fsp3) is 0.500. The van der Waals surface area contributed by atoms with Crippen molar-refractivity contribution >= 4 is 22.4 Å². The van der Waals surface area contributed by atoms with E-state index in [1.54, 1.807) is 7.11 Å². The molecular weight excluding hydrogens is 352 g/mol. The van der Waals surface area contributed by atoms with Crippen LogP contribution < -0.4 is 10.1 Å². The lowest BCUT2D eigenvalue weighted by Gasteiger charge is -2.34. The number of ether oxygens (including phenoxy) is 2. The fourth-order valence-corrected chi connectivity index (χ4v) is 3.94. The number of benzene rings is 1. The standard InChI is InChI=1S/C18H24N4O3S/c1-12-9-22(10-13(2)25-12)11-16(23)19-18-21-20-17(26-18)8-14-6-4-5-7-15(14)24-3/h4-7,12-13H,8-11H2,1-3H3,(H,19,21,23)/t12-,13-/m0/s1. The zero-order valence-electron chi connectivity index (χ0n) is 15.3. The molecule has 1 aliphatic rings. The first-order valence-corrected chi connectivity index (χ1v) is 9.47. The van der Waals surface area contributed by atoms with E-state index in [2.05, 4.69) is 20.4 Å². The van der Waals surface area contributed by atoms with Crippen molar-refractivity contribution in [2.45, 2.75) is 32.5 Å². The zero-order chi connectivity index (χ0) is 18.5. The topological polar surface area (TPSA) is 76.6 Å². The van der Waals surface area contributed by atoms with Crippen LogP contribution in [0, 0.1) is 0 Å². The van der Waals surface area contributed by atoms with E-state index in [1.807, 2.05) is 38.1 Å². The molecule has 140 valence electrons. The van der Waals surface area contributed by atoms with Crippen LogP contribution in [-0.2, 0) is 16.0 Å². The summed E-state index contributed by atoms with van der Waals surface area (Å²) < 4.78 is 11.1. The molecular formula is C18H24N4O3S. The molecule has 1 aromatic carbocycles. The highest BCUT2D eigenvalue weighted by Gasteiger charge is 2.24. The van der Waals surface area contributed by atoms with Gasteiger partial charge >= 0.3 is 0 Å². The Morgan fingerprint density at radius 1 is 1.31 bits per heavy atom. The third-order valence-corrected chi connectivity index (χ3v) is 4.95. The van der Waals surface area contributed by atoms with E-state index in [1.165, 1.54) is 11.3 Å². The molecule has 2 heterocycles. The van der Waals surface area contributed by atoms with Crippen LogP contribution in [0.4, 0.5) is 5.13 Å². The van der Waals surface area contributed by atoms with Crippen molar-refractivity contribution in [1.82, 2.24) is 15.1 Å². The van der Waals surface area contributed by atoms with E-state index in [0.717, 1.165) is 29.4 Å². The Kier molecular flexibility index (Phi) is 6.18. The molecule has 1 aliphatic heterocycles. The molecule has 1 N–H and O–H groups in total. The number of carbonyl (C=O) groups is 1. The molecule has 1 amide bonds. The van der Waals surface area contributed by atoms with Gasteiger partial charge in [0.05, 0.1) is 25.9 Å². The predicted molar refractivity (Wildman–Crippen MR) is 101 cm³/mol. The molecule has 0 spiro atoms. The molecule has 0 saturated carbocycles. The lowest BCUT2D eigenvalue weighted by molar-refractivity contribution is -0.121. The van der Waals surface area contributed by atoms with Crippen LogP contribution in [0.2, 0.25) is 0 Å². The van der Waals surface area contributed by atoms with Gasteiger partial charge in [0.2, 0.25) is 11.0 Å². The Balaban J connectivity index is 1.55. The van der Waals surface area contributed by atoms with E-state index < -0.39 is 0 Å². The smallest absolute Gasteiger partial charge is 0.240 e. The van der Waals surface area contributed by atoms with Crippen LogP contribution in [0.5, 0.6) is 5.75 Å². The van der Waals surface area contributed by atoms with Gasteiger partial charge < -0.3 is 9.47 Å². The van der Waals surface area contributed by atoms with Crippen molar-refractivity contribution < 1.29 is 14.3 Å². The van der Waals surface area contributed by atoms with Gasteiger partial charge in [-0.1, -0.05) is 29.5 Å². The molecule has 0 aliphatic carbocycles. The monoisotopic (exact) mass is 376 g/mol. The number of nitrogens with zero attached hydrogens (tertiary/aromatic N) is 3. The maximum atomic E-state index is 12.3. The van der Waals surface area contributed by atoms with E-state index in [-0.39, 0.29) is 18.1 Å². The number of anilines is 1. The number of nitrogens with one attached hydrogen (secondary N) is 1. The highest BCUT2D eigenvalue weighted by Crippen LogP contribution is 2.24. The summed E-state index contributed by atoms with van der Waals surface area (Å²) in [6.45, 7) is 5.89. The lowest BCUT2D eigenvalue weighted by Crippen LogP contribution is -2.48. The van der Waals surface area contributed by atoms with Crippen molar-refractivity contribution in [1.29, 1.82) is 0 Å². The van der Waals surface area contributed by atoms with Crippen molar-refractivity contribution in [3.63, 3.8) is 0 Å². The van der Waals surface area contributed by atoms with Crippen molar-refractivity contribution in [2.75, 3.05) is 32.1 Å². The summed E-state index contributed by atoms with van der Waals surface area (Å²) in [4.78, 5) is 14.4. The van der Waals surface area contributed by atoms with E-state index in [0.29, 0.717) is 18.1 Å². The molecule has 1 fully saturated rings. The Labute approximate surface area is 157 Å². The quantitative estimate of drug-likeness (QED) is 0.833. The third kappa shape index (κ3) is 5.00. The summed E-state index contributed by atoms with van der Waals surface area (Å²) in [6, 6.07) is 7.82. The first-order valence-electron chi connectivity index (χ1n) is 8.65. The molecule has 1 saturated heterocycles. The summed E-state index contributed by atoms with van der Waals surface area (Å²) in [7, 11) is 1.65. The van der Waals surface area contributed by atoms with Crippen molar-refractivity contribution in [2.24, 2.45) is 0 Å². The number of amides is 1. The Morgan fingerprint density at radius 2 is 2.04 bits per heavy atom. The van der Waals surface area contributed by atoms with Gasteiger partial charge in [0.1, 0.15) is 10.8 Å². The first kappa shape index (κ1) is 18.8. The van der Waals surface area contributed by atoms with Gasteiger partial charge in [-0.15, -0.1) is 10.2 Å². The number of rotatable bonds is 6. The minimum absolute atomic E-state index is 0.0775. The molecule has 0 unspecified atom stereocenters. The van der Waals surface area contributed by atoms with Gasteiger partial charge in [-0.05, 0) is 19.9 Å². The molecule has 7 nitrogen and oxygen atoms in total. The second-order valence-corrected chi connectivity index (χ2v) is 7.55. The average Bonchev–Trinajstić information content (AvgIpc) is 3.01. The molecule has 2 aromatic rings. The van der Waals surface area contributed by atoms with Gasteiger partial charge in [-0.3, -0.25) is 15.0 Å². The number of morpholine rings is 1. The number of para-hydroxylation sites is 1. The number of methoxy groups -OCH3 is 1. The SMILES string of the molecule is COc1ccccc1Cc1nnc(NC(=O)CN2C[C@H](C)O[C@@H](C)C2)s1. The third-order valence-electron chi connectivity index (χ3n) is 4.11. The normalized spacial score (nSPS) is 20.7. The Hall–Kier alpha value is -2.03. The van der Waals surface area contributed by atoms with E-state index in [4.69, 9.17) is 9.47 Å². The molecule has 3 rings (SSSR count). The summed E-state index contributed by atoms with van der Waals surface area (Å²) in [5.74, 6) is 0.745. The van der Waals surface area contributed by atoms with Crippen LogP contribution in [0.1, 0.15) is 24.4 Å². The largest absolute Gasteiger partial charge is 0.496 e. The molecule has 1 aromatic heterocycles. The second kappa shape index (κ2) is 8.57. The molecule has 0 bridgehead atoms. The average molecular weight is 376 g/mol. The Morgan fingerprint density at radius 3 is 2.77 bits per heavy atom. The van der Waals surface area contributed by atoms with Crippen LogP contribution >= 0.6 is 11.3 Å². The Bertz CT molecular complexity index is 742. The van der Waals surface area contributed by atoms with Gasteiger partial charge in [0, 0.05) is 25.1 Å². The van der Waals surface area contributed by atoms with Gasteiger partial charge in [0.25, 0.3) is 0 Å². The highest BCUT2D eigenvalue weighted by molar-refractivity contribution is 7.15. The van der Waals surface area contributed by atoms with Crippen LogP contribution in [0.15, 0.2) is 24.3 Å². The maximum Gasteiger partial charge on any atom is 0.240 e. The summed E-state index contributed by atoms with van der Waals surface area (Å²) in [5, 5.41) is 12.5. The highest BCUT2D eigenvalue weighted by atomic mass is 32.1. The molecule has 8 heteroatoms. The zero-order valence-corrected chi connectivity index (χ0v) is 16.1. The number of hydrogen-bond acceptors (Lipinski definition) is 7. The van der Waals surface area contributed by atoms with Crippen molar-refractivity contribution in [3.05, 3.63) is 34.8 Å². The summed E-state index contributed by atoms with van der Waals surface area (Å²) >= 11 is 1.39. The van der Waals surface area contributed by atoms with Crippen LogP contribution in [0.3, 0.4) is 0 Å². The lowest BCUT2D eigenvalue weighted by atomic mass is 10.1. The van der Waals surface area contributed by atoms with Crippen LogP contribution in [-0.4, -0.2) is 60.0 Å². The first-order chi connectivity index (χ1) is 12.5. The predicted octanol–water partition coefficient (Wildman–Crippen LogP) is 2.19. The van der Waals surface area contributed by atoms with Gasteiger partial charge in [-0.25, -0.2) is 0 Å². The van der Waals surface area contributed by atoms with Crippen LogP contribution in [0.25, 0.3) is 0 Å². The minimum Gasteiger partial charge on any atom is -0.496 e. The van der Waals surface area contributed by atoms with E-state index >= 15 is 0 Å². The number of aromatic nitrogens is 2. The maximum absolute atomic E-state index is 12.3. The molecule has 0 radical (unpaired) electrons. The minimum atomic E-state index is -0.0775. The molecule has 26 heavy (non-hydrogen) atoms. The van der Waals surface area contributed by atoms with Gasteiger partial charge in [0.15, 0.2) is 0 Å². The van der Waals surface area contributed by atoms with Gasteiger partial charge in [-0.2, -0.15) is 0 Å². The summed E-state index contributed by atoms with van der Waals surface area (Å²) in [6.07, 6.45) is 0.900. The number of carbonyl (C=O) groups excluding carboxylic acids is 1. The number of hydrogen-bond donors (Lipinski definition) is 1. The summed E-state index contributed by atoms with van der Waals surface area (Å²) in [5.41, 5.74) is 1.04.